The molecular weight excluding hydrogens is 524 g/mol. The number of ether oxygens (including phenoxy) is 3. The highest BCUT2D eigenvalue weighted by atomic mass is 35.5. The number of carbonyl (C=O) groups excluding carboxylic acids is 1. The van der Waals surface area contributed by atoms with E-state index in [9.17, 15) is 13.2 Å². The highest BCUT2D eigenvalue weighted by Crippen LogP contribution is 2.38. The number of primary sulfonamides is 1. The van der Waals surface area contributed by atoms with Crippen molar-refractivity contribution in [1.29, 1.82) is 5.26 Å². The first-order valence-corrected chi connectivity index (χ1v) is 11.8. The standard InChI is InChI=1S/C22H16Cl2FN3O6S/c1-32-13-6-12(10-26)7-14(8-13)34-22-16(23)3-5-19(21(22)25)33-11-20(29)28-18-4-2-15(9-17(18)24)35(27,30)31/h2-9H,11H2,1H3,(H,28,29)(H2,27,30,31). The number of benzene rings is 3. The van der Waals surface area contributed by atoms with E-state index in [1.165, 1.54) is 43.5 Å². The lowest BCUT2D eigenvalue weighted by Gasteiger charge is -2.14. The number of nitrogens with zero attached hydrogens (tertiary/aromatic N) is 1. The zero-order valence-corrected chi connectivity index (χ0v) is 20.2. The third-order valence-electron chi connectivity index (χ3n) is 4.38. The number of nitriles is 1. The van der Waals surface area contributed by atoms with E-state index in [4.69, 9.17) is 47.8 Å². The number of nitrogens with one attached hydrogen (secondary N) is 1. The van der Waals surface area contributed by atoms with Crippen molar-refractivity contribution in [2.45, 2.75) is 4.90 Å². The molecule has 3 N–H and O–H groups in total. The summed E-state index contributed by atoms with van der Waals surface area (Å²) in [5.41, 5.74) is 0.315. The van der Waals surface area contributed by atoms with E-state index < -0.39 is 28.4 Å². The van der Waals surface area contributed by atoms with Crippen LogP contribution in [-0.4, -0.2) is 28.0 Å². The van der Waals surface area contributed by atoms with Gasteiger partial charge in [-0.3, -0.25) is 4.79 Å². The maximum atomic E-state index is 15.0. The molecule has 3 aromatic rings. The average Bonchev–Trinajstić information content (AvgIpc) is 2.81. The second kappa shape index (κ2) is 10.8. The minimum atomic E-state index is -3.97. The third-order valence-corrected chi connectivity index (χ3v) is 5.90. The molecule has 35 heavy (non-hydrogen) atoms. The lowest BCUT2D eigenvalue weighted by molar-refractivity contribution is -0.118. The highest BCUT2D eigenvalue weighted by molar-refractivity contribution is 7.89. The molecule has 0 aliphatic carbocycles. The number of hydrogen-bond acceptors (Lipinski definition) is 7. The predicted octanol–water partition coefficient (Wildman–Crippen LogP) is 4.47. The fourth-order valence-electron chi connectivity index (χ4n) is 2.75. The van der Waals surface area contributed by atoms with Gasteiger partial charge in [-0.1, -0.05) is 23.2 Å². The summed E-state index contributed by atoms with van der Waals surface area (Å²) in [6.07, 6.45) is 0. The largest absolute Gasteiger partial charge is 0.497 e. The Bertz CT molecular complexity index is 1440. The van der Waals surface area contributed by atoms with Gasteiger partial charge in [-0.2, -0.15) is 9.65 Å². The van der Waals surface area contributed by atoms with Gasteiger partial charge in [-0.25, -0.2) is 13.6 Å². The molecule has 0 aromatic heterocycles. The van der Waals surface area contributed by atoms with E-state index in [1.54, 1.807) is 0 Å². The maximum Gasteiger partial charge on any atom is 0.262 e. The zero-order valence-electron chi connectivity index (χ0n) is 17.8. The summed E-state index contributed by atoms with van der Waals surface area (Å²) in [7, 11) is -2.57. The van der Waals surface area contributed by atoms with E-state index in [2.05, 4.69) is 5.32 Å². The highest BCUT2D eigenvalue weighted by Gasteiger charge is 2.18. The Balaban J connectivity index is 1.74. The second-order valence-electron chi connectivity index (χ2n) is 6.82. The Labute approximate surface area is 209 Å². The van der Waals surface area contributed by atoms with Gasteiger partial charge in [-0.15, -0.1) is 0 Å². The quantitative estimate of drug-likeness (QED) is 0.430. The van der Waals surface area contributed by atoms with E-state index in [0.717, 1.165) is 12.1 Å². The van der Waals surface area contributed by atoms with Gasteiger partial charge >= 0.3 is 0 Å². The number of sulfonamides is 1. The molecule has 0 unspecified atom stereocenters. The van der Waals surface area contributed by atoms with Crippen molar-refractivity contribution in [3.05, 3.63) is 70.0 Å². The van der Waals surface area contributed by atoms with Crippen molar-refractivity contribution >= 4 is 44.8 Å². The molecule has 3 rings (SSSR count). The van der Waals surface area contributed by atoms with E-state index in [-0.39, 0.29) is 43.4 Å². The first kappa shape index (κ1) is 26.1. The maximum absolute atomic E-state index is 15.0. The number of rotatable bonds is 8. The smallest absolute Gasteiger partial charge is 0.262 e. The van der Waals surface area contributed by atoms with Gasteiger partial charge in [0.05, 0.1) is 39.4 Å². The van der Waals surface area contributed by atoms with Crippen LogP contribution < -0.4 is 24.7 Å². The number of anilines is 1. The molecule has 3 aromatic carbocycles. The molecular formula is C22H16Cl2FN3O6S. The minimum absolute atomic E-state index is 0.0757. The lowest BCUT2D eigenvalue weighted by atomic mass is 10.2. The Hall–Kier alpha value is -3.56. The molecule has 13 heteroatoms. The monoisotopic (exact) mass is 539 g/mol. The van der Waals surface area contributed by atoms with E-state index >= 15 is 4.39 Å². The van der Waals surface area contributed by atoms with Crippen LogP contribution in [0.3, 0.4) is 0 Å². The van der Waals surface area contributed by atoms with Gasteiger partial charge in [0.15, 0.2) is 18.1 Å². The Morgan fingerprint density at radius 3 is 2.46 bits per heavy atom. The minimum Gasteiger partial charge on any atom is -0.497 e. The molecule has 0 bridgehead atoms. The number of carbonyl (C=O) groups is 1. The van der Waals surface area contributed by atoms with E-state index in [0.29, 0.717) is 5.75 Å². The van der Waals surface area contributed by atoms with Crippen molar-refractivity contribution < 1.29 is 31.8 Å². The third kappa shape index (κ3) is 6.52. The van der Waals surface area contributed by atoms with Crippen molar-refractivity contribution in [2.75, 3.05) is 19.0 Å². The fraction of sp³-hybridized carbons (Fsp3) is 0.0909. The van der Waals surface area contributed by atoms with Crippen LogP contribution in [0.1, 0.15) is 5.56 Å². The zero-order chi connectivity index (χ0) is 25.8. The molecule has 9 nitrogen and oxygen atoms in total. The van der Waals surface area contributed by atoms with Crippen LogP contribution in [-0.2, 0) is 14.8 Å². The molecule has 0 atom stereocenters. The van der Waals surface area contributed by atoms with Crippen molar-refractivity contribution in [2.24, 2.45) is 5.14 Å². The van der Waals surface area contributed by atoms with Crippen LogP contribution in [0.15, 0.2) is 53.4 Å². The molecule has 0 saturated carbocycles. The molecule has 0 spiro atoms. The summed E-state index contributed by atoms with van der Waals surface area (Å²) in [6.45, 7) is -0.622. The topological polar surface area (TPSA) is 141 Å². The lowest BCUT2D eigenvalue weighted by Crippen LogP contribution is -2.21. The Morgan fingerprint density at radius 2 is 1.83 bits per heavy atom. The predicted molar refractivity (Wildman–Crippen MR) is 126 cm³/mol. The second-order valence-corrected chi connectivity index (χ2v) is 9.20. The molecule has 182 valence electrons. The summed E-state index contributed by atoms with van der Waals surface area (Å²) < 4.78 is 53.7. The van der Waals surface area contributed by atoms with Gasteiger partial charge in [0.25, 0.3) is 5.91 Å². The summed E-state index contributed by atoms with van der Waals surface area (Å²) in [5.74, 6) is -2.01. The summed E-state index contributed by atoms with van der Waals surface area (Å²) in [4.78, 5) is 12.0. The van der Waals surface area contributed by atoms with E-state index in [1.807, 2.05) is 6.07 Å². The van der Waals surface area contributed by atoms with Crippen LogP contribution >= 0.6 is 23.2 Å². The van der Waals surface area contributed by atoms with Crippen molar-refractivity contribution in [3.63, 3.8) is 0 Å². The normalized spacial score (nSPS) is 10.9. The van der Waals surface area contributed by atoms with Crippen LogP contribution in [0.25, 0.3) is 0 Å². The summed E-state index contributed by atoms with van der Waals surface area (Å²) in [6, 6.07) is 12.2. The van der Waals surface area contributed by atoms with Gasteiger partial charge in [0.1, 0.15) is 11.5 Å². The number of amides is 1. The van der Waals surface area contributed by atoms with Gasteiger partial charge in [0, 0.05) is 6.07 Å². The van der Waals surface area contributed by atoms with Crippen LogP contribution in [0.4, 0.5) is 10.1 Å². The van der Waals surface area contributed by atoms with Gasteiger partial charge < -0.3 is 19.5 Å². The summed E-state index contributed by atoms with van der Waals surface area (Å²) in [5, 5.41) is 16.4. The van der Waals surface area contributed by atoms with Crippen molar-refractivity contribution in [3.8, 4) is 29.1 Å². The fourth-order valence-corrected chi connectivity index (χ4v) is 3.77. The first-order chi connectivity index (χ1) is 16.5. The molecule has 0 saturated heterocycles. The number of hydrogen-bond donors (Lipinski definition) is 2. The SMILES string of the molecule is COc1cc(C#N)cc(Oc2c(Cl)ccc(OCC(=O)Nc3ccc(S(N)(=O)=O)cc3Cl)c2F)c1. The average molecular weight is 540 g/mol. The van der Waals surface area contributed by atoms with Crippen LogP contribution in [0.5, 0.6) is 23.0 Å². The molecule has 0 radical (unpaired) electrons. The van der Waals surface area contributed by atoms with Crippen LogP contribution in [0.2, 0.25) is 10.0 Å². The number of halogens is 3. The number of methoxy groups -OCH3 is 1. The Kier molecular flexibility index (Phi) is 8.03. The van der Waals surface area contributed by atoms with Crippen molar-refractivity contribution in [1.82, 2.24) is 0 Å². The molecule has 0 heterocycles. The molecule has 1 amide bonds. The Morgan fingerprint density at radius 1 is 1.11 bits per heavy atom. The summed E-state index contributed by atoms with van der Waals surface area (Å²) >= 11 is 12.1. The molecule has 0 fully saturated rings. The molecule has 0 aliphatic rings. The number of nitrogens with two attached hydrogens (primary N) is 1. The van der Waals surface area contributed by atoms with Crippen LogP contribution in [0, 0.1) is 17.1 Å². The first-order valence-electron chi connectivity index (χ1n) is 9.52. The van der Waals surface area contributed by atoms with Gasteiger partial charge in [-0.05, 0) is 42.5 Å². The molecule has 0 aliphatic heterocycles. The van der Waals surface area contributed by atoms with Gasteiger partial charge in [0.2, 0.25) is 15.8 Å².